The SMILES string of the molecule is C[C@@H](OC[C@H]1CCCO1)C(=O)NCCc1nc2ccc(F)cc2n1C. The van der Waals surface area contributed by atoms with Crippen LogP contribution in [0.4, 0.5) is 4.39 Å². The van der Waals surface area contributed by atoms with Crippen LogP contribution in [0, 0.1) is 5.82 Å². The molecule has 6 nitrogen and oxygen atoms in total. The molecular weight excluding hydrogens is 325 g/mol. The number of amides is 1. The number of ether oxygens (including phenoxy) is 2. The molecule has 0 saturated carbocycles. The summed E-state index contributed by atoms with van der Waals surface area (Å²) in [5.41, 5.74) is 1.49. The molecule has 0 aliphatic carbocycles. The molecule has 136 valence electrons. The van der Waals surface area contributed by atoms with Gasteiger partial charge in [0.25, 0.3) is 0 Å². The zero-order valence-corrected chi connectivity index (χ0v) is 14.6. The monoisotopic (exact) mass is 349 g/mol. The fourth-order valence-corrected chi connectivity index (χ4v) is 2.98. The lowest BCUT2D eigenvalue weighted by molar-refractivity contribution is -0.133. The predicted molar refractivity (Wildman–Crippen MR) is 91.8 cm³/mol. The van der Waals surface area contributed by atoms with Crippen LogP contribution in [0.3, 0.4) is 0 Å². The van der Waals surface area contributed by atoms with Crippen molar-refractivity contribution in [2.75, 3.05) is 19.8 Å². The van der Waals surface area contributed by atoms with Crippen LogP contribution in [0.2, 0.25) is 0 Å². The Balaban J connectivity index is 1.47. The molecule has 1 aliphatic rings. The number of carbonyl (C=O) groups excluding carboxylic acids is 1. The van der Waals surface area contributed by atoms with Gasteiger partial charge in [0.15, 0.2) is 0 Å². The van der Waals surface area contributed by atoms with Crippen LogP contribution in [-0.2, 0) is 27.7 Å². The highest BCUT2D eigenvalue weighted by molar-refractivity contribution is 5.80. The van der Waals surface area contributed by atoms with E-state index in [1.54, 1.807) is 13.0 Å². The summed E-state index contributed by atoms with van der Waals surface area (Å²) in [4.78, 5) is 16.6. The highest BCUT2D eigenvalue weighted by Crippen LogP contribution is 2.16. The fraction of sp³-hybridized carbons (Fsp3) is 0.556. The standard InChI is InChI=1S/C18H24FN3O3/c1-12(25-11-14-4-3-9-24-14)18(23)20-8-7-17-21-15-6-5-13(19)10-16(15)22(17)2/h5-6,10,12,14H,3-4,7-9,11H2,1-2H3,(H,20,23)/t12-,14-/m1/s1. The molecule has 2 aromatic rings. The summed E-state index contributed by atoms with van der Waals surface area (Å²) in [6.45, 7) is 3.41. The van der Waals surface area contributed by atoms with Crippen LogP contribution >= 0.6 is 0 Å². The van der Waals surface area contributed by atoms with E-state index in [0.717, 1.165) is 36.3 Å². The molecule has 1 amide bonds. The topological polar surface area (TPSA) is 65.4 Å². The maximum atomic E-state index is 13.3. The van der Waals surface area contributed by atoms with Crippen molar-refractivity contribution in [1.29, 1.82) is 0 Å². The number of fused-ring (bicyclic) bond motifs is 1. The molecule has 1 aromatic heterocycles. The third-order valence-corrected chi connectivity index (χ3v) is 4.51. The van der Waals surface area contributed by atoms with E-state index in [1.807, 2.05) is 11.6 Å². The molecule has 2 atom stereocenters. The van der Waals surface area contributed by atoms with Crippen molar-refractivity contribution in [3.63, 3.8) is 0 Å². The van der Waals surface area contributed by atoms with Gasteiger partial charge in [0.2, 0.25) is 5.91 Å². The molecule has 25 heavy (non-hydrogen) atoms. The van der Waals surface area contributed by atoms with Gasteiger partial charge in [-0.2, -0.15) is 0 Å². The van der Waals surface area contributed by atoms with E-state index < -0.39 is 6.10 Å². The lowest BCUT2D eigenvalue weighted by atomic mass is 10.2. The first kappa shape index (κ1) is 17.8. The summed E-state index contributed by atoms with van der Waals surface area (Å²) < 4.78 is 26.2. The first-order valence-corrected chi connectivity index (χ1v) is 8.66. The van der Waals surface area contributed by atoms with Crippen molar-refractivity contribution >= 4 is 16.9 Å². The van der Waals surface area contributed by atoms with E-state index in [0.29, 0.717) is 19.6 Å². The van der Waals surface area contributed by atoms with Gasteiger partial charge in [-0.25, -0.2) is 9.37 Å². The summed E-state index contributed by atoms with van der Waals surface area (Å²) in [5, 5.41) is 2.86. The van der Waals surface area contributed by atoms with Gasteiger partial charge in [-0.05, 0) is 38.0 Å². The van der Waals surface area contributed by atoms with E-state index in [1.165, 1.54) is 12.1 Å². The van der Waals surface area contributed by atoms with Crippen LogP contribution in [0.15, 0.2) is 18.2 Å². The van der Waals surface area contributed by atoms with Crippen LogP contribution in [0.25, 0.3) is 11.0 Å². The lowest BCUT2D eigenvalue weighted by Crippen LogP contribution is -2.37. The molecule has 1 aliphatic heterocycles. The zero-order chi connectivity index (χ0) is 17.8. The molecule has 1 saturated heterocycles. The number of imidazole rings is 1. The number of hydrogen-bond acceptors (Lipinski definition) is 4. The fourth-order valence-electron chi connectivity index (χ4n) is 2.98. The largest absolute Gasteiger partial charge is 0.376 e. The highest BCUT2D eigenvalue weighted by Gasteiger charge is 2.19. The molecule has 0 unspecified atom stereocenters. The maximum absolute atomic E-state index is 13.3. The summed E-state index contributed by atoms with van der Waals surface area (Å²) in [6, 6.07) is 4.52. The van der Waals surface area contributed by atoms with Gasteiger partial charge in [-0.15, -0.1) is 0 Å². The van der Waals surface area contributed by atoms with Gasteiger partial charge < -0.3 is 19.4 Å². The van der Waals surface area contributed by atoms with Crippen molar-refractivity contribution in [2.45, 2.75) is 38.4 Å². The highest BCUT2D eigenvalue weighted by atomic mass is 19.1. The third-order valence-electron chi connectivity index (χ3n) is 4.51. The first-order valence-electron chi connectivity index (χ1n) is 8.66. The van der Waals surface area contributed by atoms with Gasteiger partial charge in [0, 0.05) is 26.6 Å². The molecular formula is C18H24FN3O3. The number of benzene rings is 1. The van der Waals surface area contributed by atoms with Crippen molar-refractivity contribution in [1.82, 2.24) is 14.9 Å². The molecule has 0 radical (unpaired) electrons. The molecule has 0 bridgehead atoms. The van der Waals surface area contributed by atoms with Crippen LogP contribution in [-0.4, -0.2) is 47.4 Å². The number of carbonyl (C=O) groups is 1. The summed E-state index contributed by atoms with van der Waals surface area (Å²) >= 11 is 0. The van der Waals surface area contributed by atoms with Crippen molar-refractivity contribution in [2.24, 2.45) is 7.05 Å². The Hall–Kier alpha value is -1.99. The minimum atomic E-state index is -0.515. The average Bonchev–Trinajstić information content (AvgIpc) is 3.22. The van der Waals surface area contributed by atoms with E-state index in [9.17, 15) is 9.18 Å². The number of aryl methyl sites for hydroxylation is 1. The van der Waals surface area contributed by atoms with Crippen LogP contribution in [0.1, 0.15) is 25.6 Å². The number of halogens is 1. The Morgan fingerprint density at radius 2 is 2.40 bits per heavy atom. The normalized spacial score (nSPS) is 18.6. The van der Waals surface area contributed by atoms with Gasteiger partial charge >= 0.3 is 0 Å². The zero-order valence-electron chi connectivity index (χ0n) is 14.6. The van der Waals surface area contributed by atoms with Crippen molar-refractivity contribution in [3.05, 3.63) is 29.8 Å². The Morgan fingerprint density at radius 3 is 3.16 bits per heavy atom. The molecule has 1 N–H and O–H groups in total. The number of hydrogen-bond donors (Lipinski definition) is 1. The minimum absolute atomic E-state index is 0.107. The van der Waals surface area contributed by atoms with E-state index in [-0.39, 0.29) is 17.8 Å². The maximum Gasteiger partial charge on any atom is 0.248 e. The lowest BCUT2D eigenvalue weighted by Gasteiger charge is -2.16. The van der Waals surface area contributed by atoms with Crippen LogP contribution in [0.5, 0.6) is 0 Å². The number of rotatable bonds is 7. The summed E-state index contributed by atoms with van der Waals surface area (Å²) in [6.07, 6.45) is 2.20. The molecule has 7 heteroatoms. The smallest absolute Gasteiger partial charge is 0.248 e. The second-order valence-electron chi connectivity index (χ2n) is 6.37. The van der Waals surface area contributed by atoms with Crippen molar-refractivity contribution < 1.29 is 18.7 Å². The minimum Gasteiger partial charge on any atom is -0.376 e. The van der Waals surface area contributed by atoms with Gasteiger partial charge in [-0.1, -0.05) is 0 Å². The number of aromatic nitrogens is 2. The Morgan fingerprint density at radius 1 is 1.56 bits per heavy atom. The molecule has 0 spiro atoms. The predicted octanol–water partition coefficient (Wildman–Crippen LogP) is 1.96. The van der Waals surface area contributed by atoms with Crippen LogP contribution < -0.4 is 5.32 Å². The van der Waals surface area contributed by atoms with E-state index in [4.69, 9.17) is 9.47 Å². The second-order valence-corrected chi connectivity index (χ2v) is 6.37. The second kappa shape index (κ2) is 7.93. The number of nitrogens with zero attached hydrogens (tertiary/aromatic N) is 2. The van der Waals surface area contributed by atoms with Gasteiger partial charge in [0.05, 0.1) is 23.7 Å². The summed E-state index contributed by atoms with van der Waals surface area (Å²) in [7, 11) is 1.85. The Kier molecular flexibility index (Phi) is 5.65. The average molecular weight is 349 g/mol. The Labute approximate surface area is 146 Å². The summed E-state index contributed by atoms with van der Waals surface area (Å²) in [5.74, 6) is 0.365. The van der Waals surface area contributed by atoms with E-state index in [2.05, 4.69) is 10.3 Å². The Bertz CT molecular complexity index is 740. The van der Waals surface area contributed by atoms with E-state index >= 15 is 0 Å². The quantitative estimate of drug-likeness (QED) is 0.830. The molecule has 1 fully saturated rings. The van der Waals surface area contributed by atoms with Crippen molar-refractivity contribution in [3.8, 4) is 0 Å². The molecule has 3 rings (SSSR count). The molecule has 1 aromatic carbocycles. The molecule has 2 heterocycles. The number of nitrogens with one attached hydrogen (secondary N) is 1. The third kappa shape index (κ3) is 4.35. The first-order chi connectivity index (χ1) is 12.0. The van der Waals surface area contributed by atoms with Gasteiger partial charge in [-0.3, -0.25) is 4.79 Å². The van der Waals surface area contributed by atoms with Gasteiger partial charge in [0.1, 0.15) is 17.7 Å².